The zero-order valence-electron chi connectivity index (χ0n) is 14.5. The summed E-state index contributed by atoms with van der Waals surface area (Å²) in [6.45, 7) is 4.59. The van der Waals surface area contributed by atoms with Crippen LogP contribution in [0.25, 0.3) is 11.0 Å². The Morgan fingerprint density at radius 2 is 1.92 bits per heavy atom. The predicted octanol–water partition coefficient (Wildman–Crippen LogP) is 1.12. The minimum Gasteiger partial charge on any atom is -0.390 e. The van der Waals surface area contributed by atoms with Crippen molar-refractivity contribution in [1.29, 1.82) is 0 Å². The molecule has 1 aliphatic heterocycles. The first-order chi connectivity index (χ1) is 12.4. The van der Waals surface area contributed by atoms with Gasteiger partial charge in [-0.2, -0.15) is 9.40 Å². The minimum absolute atomic E-state index is 0.134. The monoisotopic (exact) mass is 377 g/mol. The van der Waals surface area contributed by atoms with Crippen LogP contribution in [0.2, 0.25) is 0 Å². The summed E-state index contributed by atoms with van der Waals surface area (Å²) in [4.78, 5) is 0.134. The van der Waals surface area contributed by atoms with Gasteiger partial charge in [0.2, 0.25) is 10.0 Å². The Bertz CT molecular complexity index is 1090. The highest BCUT2D eigenvalue weighted by atomic mass is 32.2. The van der Waals surface area contributed by atoms with E-state index in [4.69, 9.17) is 4.63 Å². The van der Waals surface area contributed by atoms with Crippen LogP contribution < -0.4 is 0 Å². The van der Waals surface area contributed by atoms with E-state index in [1.165, 1.54) is 4.31 Å². The summed E-state index contributed by atoms with van der Waals surface area (Å²) >= 11 is 0. The summed E-state index contributed by atoms with van der Waals surface area (Å²) < 4.78 is 34.8. The van der Waals surface area contributed by atoms with Crippen molar-refractivity contribution in [3.8, 4) is 0 Å². The highest BCUT2D eigenvalue weighted by molar-refractivity contribution is 7.89. The van der Waals surface area contributed by atoms with Crippen LogP contribution in [0, 0.1) is 13.8 Å². The number of aromatic nitrogens is 4. The van der Waals surface area contributed by atoms with Crippen molar-refractivity contribution in [3.63, 3.8) is 0 Å². The molecule has 2 aromatic heterocycles. The summed E-state index contributed by atoms with van der Waals surface area (Å²) in [6, 6.07) is 3.52. The van der Waals surface area contributed by atoms with Gasteiger partial charge in [-0.15, -0.1) is 0 Å². The quantitative estimate of drug-likeness (QED) is 0.727. The van der Waals surface area contributed by atoms with Crippen molar-refractivity contribution in [1.82, 2.24) is 24.4 Å². The van der Waals surface area contributed by atoms with Gasteiger partial charge in [-0.1, -0.05) is 6.07 Å². The normalized spacial score (nSPS) is 16.0. The maximum Gasteiger partial charge on any atom is 0.246 e. The average Bonchev–Trinajstić information content (AvgIpc) is 3.17. The van der Waals surface area contributed by atoms with Crippen molar-refractivity contribution < 1.29 is 18.2 Å². The topological polar surface area (TPSA) is 114 Å². The van der Waals surface area contributed by atoms with Crippen LogP contribution in [0.3, 0.4) is 0 Å². The van der Waals surface area contributed by atoms with Crippen molar-refractivity contribution in [3.05, 3.63) is 34.6 Å². The van der Waals surface area contributed by atoms with E-state index in [9.17, 15) is 13.5 Å². The van der Waals surface area contributed by atoms with Gasteiger partial charge < -0.3 is 5.11 Å². The van der Waals surface area contributed by atoms with E-state index in [-0.39, 0.29) is 23.6 Å². The summed E-state index contributed by atoms with van der Waals surface area (Å²) in [5.41, 5.74) is 3.44. The first-order valence-corrected chi connectivity index (χ1v) is 9.75. The van der Waals surface area contributed by atoms with Crippen LogP contribution in [0.5, 0.6) is 0 Å². The minimum atomic E-state index is -3.80. The molecule has 3 heterocycles. The molecule has 1 N–H and O–H groups in total. The lowest BCUT2D eigenvalue weighted by Gasteiger charge is -2.21. The third-order valence-electron chi connectivity index (χ3n) is 4.66. The Balaban J connectivity index is 1.81. The molecular formula is C16H19N5O4S. The standard InChI is InChI=1S/C16H19N5O4S/c1-10-6-11(2)16(15-14(10)18-25-19-15)26(23,24)20-4-3-5-21-13(8-20)7-12(9-22)17-21/h6-7,22H,3-5,8-9H2,1-2H3. The SMILES string of the molecule is Cc1cc(C)c2nonc2c1S(=O)(=O)N1CCCn2nc(CO)cc2C1. The number of aliphatic hydroxyl groups is 1. The van der Waals surface area contributed by atoms with Gasteiger partial charge in [-0.3, -0.25) is 4.68 Å². The van der Waals surface area contributed by atoms with E-state index in [1.807, 2.05) is 6.92 Å². The highest BCUT2D eigenvalue weighted by Gasteiger charge is 2.32. The molecule has 138 valence electrons. The fourth-order valence-electron chi connectivity index (χ4n) is 3.47. The number of aliphatic hydroxyl groups excluding tert-OH is 1. The lowest BCUT2D eigenvalue weighted by Crippen LogP contribution is -2.31. The molecule has 0 amide bonds. The van der Waals surface area contributed by atoms with E-state index >= 15 is 0 Å². The van der Waals surface area contributed by atoms with Crippen molar-refractivity contribution in [2.24, 2.45) is 0 Å². The van der Waals surface area contributed by atoms with Gasteiger partial charge in [0.25, 0.3) is 0 Å². The number of hydrogen-bond donors (Lipinski definition) is 1. The molecule has 0 spiro atoms. The van der Waals surface area contributed by atoms with E-state index in [0.29, 0.717) is 36.3 Å². The maximum absolute atomic E-state index is 13.4. The van der Waals surface area contributed by atoms with Gasteiger partial charge in [0.05, 0.1) is 24.5 Å². The fourth-order valence-corrected chi connectivity index (χ4v) is 5.25. The predicted molar refractivity (Wildman–Crippen MR) is 91.6 cm³/mol. The number of sulfonamides is 1. The molecule has 1 aromatic carbocycles. The van der Waals surface area contributed by atoms with Crippen LogP contribution in [0.1, 0.15) is 28.9 Å². The number of hydrogen-bond acceptors (Lipinski definition) is 7. The summed E-state index contributed by atoms with van der Waals surface area (Å²) in [7, 11) is -3.80. The van der Waals surface area contributed by atoms with E-state index in [1.54, 1.807) is 23.7 Å². The molecule has 9 nitrogen and oxygen atoms in total. The Hall–Kier alpha value is -2.30. The molecule has 0 saturated carbocycles. The molecule has 0 aliphatic carbocycles. The smallest absolute Gasteiger partial charge is 0.246 e. The second-order valence-corrected chi connectivity index (χ2v) is 8.38. The molecule has 4 rings (SSSR count). The number of rotatable bonds is 3. The zero-order chi connectivity index (χ0) is 18.5. The molecule has 0 radical (unpaired) electrons. The van der Waals surface area contributed by atoms with Crippen LogP contribution in [0.15, 0.2) is 21.7 Å². The van der Waals surface area contributed by atoms with Crippen LogP contribution in [0.4, 0.5) is 0 Å². The molecule has 3 aromatic rings. The van der Waals surface area contributed by atoms with E-state index < -0.39 is 10.0 Å². The number of benzene rings is 1. The Kier molecular flexibility index (Phi) is 4.05. The first-order valence-electron chi connectivity index (χ1n) is 8.31. The largest absolute Gasteiger partial charge is 0.390 e. The average molecular weight is 377 g/mol. The molecule has 0 saturated heterocycles. The van der Waals surface area contributed by atoms with Gasteiger partial charge in [-0.05, 0) is 47.8 Å². The lowest BCUT2D eigenvalue weighted by atomic mass is 10.1. The second-order valence-electron chi connectivity index (χ2n) is 6.50. The molecule has 0 fully saturated rings. The van der Waals surface area contributed by atoms with Gasteiger partial charge >= 0.3 is 0 Å². The van der Waals surface area contributed by atoms with E-state index in [2.05, 4.69) is 15.4 Å². The number of aryl methyl sites for hydroxylation is 3. The second kappa shape index (κ2) is 6.15. The third kappa shape index (κ3) is 2.61. The molecule has 10 heteroatoms. The summed E-state index contributed by atoms with van der Waals surface area (Å²) in [5.74, 6) is 0. The fraction of sp³-hybridized carbons (Fsp3) is 0.438. The van der Waals surface area contributed by atoms with Crippen LogP contribution in [-0.4, -0.2) is 44.5 Å². The number of fused-ring (bicyclic) bond motifs is 2. The Morgan fingerprint density at radius 1 is 1.15 bits per heavy atom. The molecule has 26 heavy (non-hydrogen) atoms. The van der Waals surface area contributed by atoms with Gasteiger partial charge in [0.15, 0.2) is 5.52 Å². The molecule has 1 aliphatic rings. The van der Waals surface area contributed by atoms with Gasteiger partial charge in [0, 0.05) is 13.1 Å². The van der Waals surface area contributed by atoms with Crippen molar-refractivity contribution >= 4 is 21.1 Å². The highest BCUT2D eigenvalue weighted by Crippen LogP contribution is 2.31. The number of nitrogens with zero attached hydrogens (tertiary/aromatic N) is 5. The van der Waals surface area contributed by atoms with Crippen LogP contribution in [-0.2, 0) is 29.7 Å². The molecule has 0 atom stereocenters. The molecular weight excluding hydrogens is 358 g/mol. The Labute approximate surface area is 150 Å². The Morgan fingerprint density at radius 3 is 2.69 bits per heavy atom. The van der Waals surface area contributed by atoms with E-state index in [0.717, 1.165) is 11.3 Å². The zero-order valence-corrected chi connectivity index (χ0v) is 15.3. The lowest BCUT2D eigenvalue weighted by molar-refractivity contribution is 0.275. The van der Waals surface area contributed by atoms with Gasteiger partial charge in [0.1, 0.15) is 10.4 Å². The van der Waals surface area contributed by atoms with Gasteiger partial charge in [-0.25, -0.2) is 13.0 Å². The van der Waals surface area contributed by atoms with Crippen molar-refractivity contribution in [2.45, 2.75) is 44.9 Å². The molecule has 0 unspecified atom stereocenters. The summed E-state index contributed by atoms with van der Waals surface area (Å²) in [5, 5.41) is 21.3. The first kappa shape index (κ1) is 17.1. The molecule has 0 bridgehead atoms. The summed E-state index contributed by atoms with van der Waals surface area (Å²) in [6.07, 6.45) is 0.629. The maximum atomic E-state index is 13.4. The van der Waals surface area contributed by atoms with Crippen molar-refractivity contribution in [2.75, 3.05) is 6.54 Å². The third-order valence-corrected chi connectivity index (χ3v) is 6.68. The van der Waals surface area contributed by atoms with Crippen LogP contribution >= 0.6 is 0 Å².